The van der Waals surface area contributed by atoms with E-state index in [1.165, 1.54) is 5.56 Å². The molecule has 0 radical (unpaired) electrons. The van der Waals surface area contributed by atoms with Crippen LogP contribution in [0.5, 0.6) is 5.88 Å². The Balaban J connectivity index is 2.12. The highest BCUT2D eigenvalue weighted by atomic mass is 16.3. The number of nitrogens with one attached hydrogen (secondary N) is 1. The standard InChI is InChI=1S/C15H21N3O/c1-11-5-6-12-13(15(19)17-14(12)9-11)10-16-7-4-8-18(2)3/h5-6,9-10,17,19H,4,7-8H2,1-3H3. The van der Waals surface area contributed by atoms with Crippen LogP contribution in [0.2, 0.25) is 0 Å². The lowest BCUT2D eigenvalue weighted by molar-refractivity contribution is 0.403. The van der Waals surface area contributed by atoms with Crippen molar-refractivity contribution >= 4 is 17.1 Å². The number of rotatable bonds is 5. The first-order valence-corrected chi connectivity index (χ1v) is 6.54. The minimum atomic E-state index is 0.192. The van der Waals surface area contributed by atoms with Gasteiger partial charge in [0.15, 0.2) is 5.88 Å². The van der Waals surface area contributed by atoms with Gasteiger partial charge in [-0.25, -0.2) is 0 Å². The van der Waals surface area contributed by atoms with Crippen LogP contribution in [0.1, 0.15) is 17.5 Å². The van der Waals surface area contributed by atoms with E-state index >= 15 is 0 Å². The van der Waals surface area contributed by atoms with E-state index in [-0.39, 0.29) is 5.88 Å². The summed E-state index contributed by atoms with van der Waals surface area (Å²) in [7, 11) is 4.11. The zero-order valence-corrected chi connectivity index (χ0v) is 11.8. The first kappa shape index (κ1) is 13.6. The van der Waals surface area contributed by atoms with Crippen LogP contribution in [0.4, 0.5) is 0 Å². The zero-order valence-electron chi connectivity index (χ0n) is 11.8. The summed E-state index contributed by atoms with van der Waals surface area (Å²) in [4.78, 5) is 9.51. The molecule has 4 nitrogen and oxygen atoms in total. The van der Waals surface area contributed by atoms with E-state index in [9.17, 15) is 5.11 Å². The number of aromatic nitrogens is 1. The van der Waals surface area contributed by atoms with Crippen LogP contribution in [-0.2, 0) is 0 Å². The lowest BCUT2D eigenvalue weighted by Crippen LogP contribution is -2.13. The maximum absolute atomic E-state index is 9.92. The van der Waals surface area contributed by atoms with E-state index in [1.807, 2.05) is 25.1 Å². The van der Waals surface area contributed by atoms with Crippen molar-refractivity contribution in [1.29, 1.82) is 0 Å². The maximum Gasteiger partial charge on any atom is 0.198 e. The summed E-state index contributed by atoms with van der Waals surface area (Å²) >= 11 is 0. The number of nitrogens with zero attached hydrogens (tertiary/aromatic N) is 2. The molecule has 0 aliphatic carbocycles. The summed E-state index contributed by atoms with van der Waals surface area (Å²) in [5.41, 5.74) is 2.90. The molecule has 0 amide bonds. The molecule has 0 spiro atoms. The predicted octanol–water partition coefficient (Wildman–Crippen LogP) is 2.55. The Morgan fingerprint density at radius 3 is 2.89 bits per heavy atom. The fourth-order valence-corrected chi connectivity index (χ4v) is 2.08. The average Bonchev–Trinajstić information content (AvgIpc) is 2.64. The third-order valence-electron chi connectivity index (χ3n) is 3.09. The van der Waals surface area contributed by atoms with Gasteiger partial charge < -0.3 is 15.0 Å². The molecule has 0 aliphatic heterocycles. The molecular formula is C15H21N3O. The van der Waals surface area contributed by atoms with Gasteiger partial charge in [0.1, 0.15) is 0 Å². The van der Waals surface area contributed by atoms with Gasteiger partial charge in [0.25, 0.3) is 0 Å². The molecule has 0 saturated carbocycles. The highest BCUT2D eigenvalue weighted by molar-refractivity contribution is 6.02. The molecular weight excluding hydrogens is 238 g/mol. The molecule has 1 aromatic carbocycles. The van der Waals surface area contributed by atoms with E-state index in [2.05, 4.69) is 29.0 Å². The van der Waals surface area contributed by atoms with E-state index in [4.69, 9.17) is 0 Å². The molecule has 1 heterocycles. The Morgan fingerprint density at radius 2 is 2.16 bits per heavy atom. The molecule has 4 heteroatoms. The number of aromatic amines is 1. The lowest BCUT2D eigenvalue weighted by atomic mass is 10.1. The Hall–Kier alpha value is -1.81. The number of aryl methyl sites for hydroxylation is 1. The van der Waals surface area contributed by atoms with Crippen LogP contribution in [0.3, 0.4) is 0 Å². The number of fused-ring (bicyclic) bond motifs is 1. The number of hydrogen-bond donors (Lipinski definition) is 2. The van der Waals surface area contributed by atoms with Crippen LogP contribution in [-0.4, -0.2) is 48.4 Å². The van der Waals surface area contributed by atoms with Crippen molar-refractivity contribution in [2.75, 3.05) is 27.2 Å². The van der Waals surface area contributed by atoms with Gasteiger partial charge in [-0.05, 0) is 45.6 Å². The number of H-pyrrole nitrogens is 1. The van der Waals surface area contributed by atoms with Gasteiger partial charge in [-0.1, -0.05) is 12.1 Å². The highest BCUT2D eigenvalue weighted by Gasteiger charge is 2.08. The molecule has 0 aliphatic rings. The fraction of sp³-hybridized carbons (Fsp3) is 0.400. The van der Waals surface area contributed by atoms with Crippen LogP contribution < -0.4 is 0 Å². The van der Waals surface area contributed by atoms with Crippen molar-refractivity contribution < 1.29 is 5.11 Å². The van der Waals surface area contributed by atoms with Gasteiger partial charge in [-0.3, -0.25) is 4.99 Å². The fourth-order valence-electron chi connectivity index (χ4n) is 2.08. The second-order valence-electron chi connectivity index (χ2n) is 5.13. The molecule has 0 fully saturated rings. The molecule has 1 aromatic heterocycles. The minimum Gasteiger partial charge on any atom is -0.494 e. The summed E-state index contributed by atoms with van der Waals surface area (Å²) in [6.45, 7) is 3.83. The van der Waals surface area contributed by atoms with Crippen LogP contribution >= 0.6 is 0 Å². The third-order valence-corrected chi connectivity index (χ3v) is 3.09. The molecule has 2 rings (SSSR count). The number of hydrogen-bond acceptors (Lipinski definition) is 3. The summed E-state index contributed by atoms with van der Waals surface area (Å²) < 4.78 is 0. The molecule has 0 bridgehead atoms. The van der Waals surface area contributed by atoms with E-state index < -0.39 is 0 Å². The van der Waals surface area contributed by atoms with E-state index in [1.54, 1.807) is 6.21 Å². The highest BCUT2D eigenvalue weighted by Crippen LogP contribution is 2.26. The zero-order chi connectivity index (χ0) is 13.8. The topological polar surface area (TPSA) is 51.6 Å². The molecule has 19 heavy (non-hydrogen) atoms. The van der Waals surface area contributed by atoms with Crippen molar-refractivity contribution in [2.24, 2.45) is 4.99 Å². The van der Waals surface area contributed by atoms with Gasteiger partial charge in [-0.15, -0.1) is 0 Å². The second-order valence-corrected chi connectivity index (χ2v) is 5.13. The number of benzene rings is 1. The largest absolute Gasteiger partial charge is 0.494 e. The molecule has 2 aromatic rings. The first-order valence-electron chi connectivity index (χ1n) is 6.54. The van der Waals surface area contributed by atoms with Gasteiger partial charge in [0.05, 0.1) is 5.56 Å². The van der Waals surface area contributed by atoms with Crippen LogP contribution in [0, 0.1) is 6.92 Å². The molecule has 0 saturated heterocycles. The summed E-state index contributed by atoms with van der Waals surface area (Å²) in [5.74, 6) is 0.192. The normalized spacial score (nSPS) is 12.0. The van der Waals surface area contributed by atoms with E-state index in [0.29, 0.717) is 0 Å². The monoisotopic (exact) mass is 259 g/mol. The summed E-state index contributed by atoms with van der Waals surface area (Å²) in [6, 6.07) is 6.08. The lowest BCUT2D eigenvalue weighted by Gasteiger charge is -2.06. The smallest absolute Gasteiger partial charge is 0.198 e. The van der Waals surface area contributed by atoms with Crippen molar-refractivity contribution in [2.45, 2.75) is 13.3 Å². The van der Waals surface area contributed by atoms with Gasteiger partial charge in [0.2, 0.25) is 0 Å². The average molecular weight is 259 g/mol. The Kier molecular flexibility index (Phi) is 4.22. The third kappa shape index (κ3) is 3.35. The van der Waals surface area contributed by atoms with Gasteiger partial charge in [-0.2, -0.15) is 0 Å². The van der Waals surface area contributed by atoms with Gasteiger partial charge >= 0.3 is 0 Å². The summed E-state index contributed by atoms with van der Waals surface area (Å²) in [5, 5.41) is 10.9. The van der Waals surface area contributed by atoms with Crippen LogP contribution in [0.15, 0.2) is 23.2 Å². The van der Waals surface area contributed by atoms with Crippen LogP contribution in [0.25, 0.3) is 10.9 Å². The maximum atomic E-state index is 9.92. The van der Waals surface area contributed by atoms with E-state index in [0.717, 1.165) is 36.0 Å². The summed E-state index contributed by atoms with van der Waals surface area (Å²) in [6.07, 6.45) is 2.78. The minimum absolute atomic E-state index is 0.192. The first-order chi connectivity index (χ1) is 9.08. The van der Waals surface area contributed by atoms with Crippen molar-refractivity contribution in [1.82, 2.24) is 9.88 Å². The van der Waals surface area contributed by atoms with Crippen molar-refractivity contribution in [3.8, 4) is 5.88 Å². The van der Waals surface area contributed by atoms with Crippen molar-refractivity contribution in [3.63, 3.8) is 0 Å². The predicted molar refractivity (Wildman–Crippen MR) is 80.3 cm³/mol. The van der Waals surface area contributed by atoms with Crippen molar-refractivity contribution in [3.05, 3.63) is 29.3 Å². The second kappa shape index (κ2) is 5.89. The molecule has 0 unspecified atom stereocenters. The quantitative estimate of drug-likeness (QED) is 0.640. The number of aliphatic imine (C=N–C) groups is 1. The number of aromatic hydroxyl groups is 1. The Morgan fingerprint density at radius 1 is 1.37 bits per heavy atom. The Bertz CT molecular complexity index is 584. The SMILES string of the molecule is Cc1ccc2c(C=NCCCN(C)C)c(O)[nH]c2c1. The molecule has 0 atom stereocenters. The van der Waals surface area contributed by atoms with Gasteiger partial charge in [0, 0.05) is 23.7 Å². The molecule has 2 N–H and O–H groups in total. The Labute approximate surface area is 113 Å². The molecule has 102 valence electrons.